The molecule has 1 amide bonds. The fourth-order valence-electron chi connectivity index (χ4n) is 2.07. The fourth-order valence-corrected chi connectivity index (χ4v) is 2.07. The molecule has 0 saturated heterocycles. The first-order valence-electron chi connectivity index (χ1n) is 5.89. The van der Waals surface area contributed by atoms with Gasteiger partial charge in [0.25, 0.3) is 0 Å². The number of aromatic nitrogens is 1. The molecule has 1 aliphatic rings. The Labute approximate surface area is 101 Å². The van der Waals surface area contributed by atoms with Gasteiger partial charge in [-0.2, -0.15) is 0 Å². The van der Waals surface area contributed by atoms with Crippen molar-refractivity contribution in [2.75, 3.05) is 6.54 Å². The van der Waals surface area contributed by atoms with Crippen LogP contribution in [-0.4, -0.2) is 22.5 Å². The van der Waals surface area contributed by atoms with Crippen LogP contribution in [0.3, 0.4) is 0 Å². The van der Waals surface area contributed by atoms with Crippen molar-refractivity contribution in [1.29, 1.82) is 0 Å². The number of hydrogen-bond donors (Lipinski definition) is 1. The van der Waals surface area contributed by atoms with Gasteiger partial charge in [-0.3, -0.25) is 4.79 Å². The molecular formula is C12H19N3O2. The average molecular weight is 237 g/mol. The van der Waals surface area contributed by atoms with Crippen LogP contribution in [0.4, 0.5) is 0 Å². The minimum Gasteiger partial charge on any atom is -0.361 e. The molecule has 2 rings (SSSR count). The molecule has 2 heterocycles. The van der Waals surface area contributed by atoms with Crippen LogP contribution in [0.25, 0.3) is 0 Å². The van der Waals surface area contributed by atoms with Gasteiger partial charge in [0.05, 0.1) is 6.54 Å². The summed E-state index contributed by atoms with van der Waals surface area (Å²) in [5.41, 5.74) is 7.02. The summed E-state index contributed by atoms with van der Waals surface area (Å²) in [6.07, 6.45) is 0.726. The van der Waals surface area contributed by atoms with E-state index in [1.165, 1.54) is 0 Å². The minimum absolute atomic E-state index is 0.160. The Kier molecular flexibility index (Phi) is 2.95. The smallest absolute Gasteiger partial charge is 0.228 e. The summed E-state index contributed by atoms with van der Waals surface area (Å²) in [6, 6.07) is 0. The topological polar surface area (TPSA) is 72.4 Å². The minimum atomic E-state index is -0.350. The fraction of sp³-hybridized carbons (Fsp3) is 0.667. The van der Waals surface area contributed by atoms with Crippen molar-refractivity contribution in [3.63, 3.8) is 0 Å². The maximum absolute atomic E-state index is 12.2. The number of nitrogens with two attached hydrogens (primary N) is 1. The van der Waals surface area contributed by atoms with Crippen LogP contribution in [0.15, 0.2) is 4.52 Å². The zero-order valence-corrected chi connectivity index (χ0v) is 10.6. The van der Waals surface area contributed by atoms with Crippen molar-refractivity contribution in [2.45, 2.75) is 40.3 Å². The van der Waals surface area contributed by atoms with E-state index in [-0.39, 0.29) is 11.3 Å². The largest absolute Gasteiger partial charge is 0.361 e. The van der Waals surface area contributed by atoms with Crippen LogP contribution < -0.4 is 5.73 Å². The first-order valence-corrected chi connectivity index (χ1v) is 5.89. The lowest BCUT2D eigenvalue weighted by Gasteiger charge is -2.31. The first-order chi connectivity index (χ1) is 7.93. The lowest BCUT2D eigenvalue weighted by Crippen LogP contribution is -2.42. The van der Waals surface area contributed by atoms with Crippen LogP contribution in [-0.2, 0) is 24.3 Å². The Morgan fingerprint density at radius 3 is 2.82 bits per heavy atom. The number of rotatable bonds is 1. The van der Waals surface area contributed by atoms with Crippen molar-refractivity contribution in [2.24, 2.45) is 11.1 Å². The zero-order chi connectivity index (χ0) is 12.6. The van der Waals surface area contributed by atoms with E-state index in [9.17, 15) is 4.79 Å². The highest BCUT2D eigenvalue weighted by Crippen LogP contribution is 2.26. The van der Waals surface area contributed by atoms with Gasteiger partial charge in [-0.15, -0.1) is 0 Å². The molecule has 5 heteroatoms. The lowest BCUT2D eigenvalue weighted by atomic mass is 9.93. The standard InChI is InChI=1S/C12H19N3O2/c1-12(2,3)11(16)15-5-4-10-8(7-15)9(6-13)14-17-10/h4-7,13H2,1-3H3. The molecule has 0 saturated carbocycles. The third-order valence-corrected chi connectivity index (χ3v) is 3.03. The summed E-state index contributed by atoms with van der Waals surface area (Å²) in [4.78, 5) is 14.1. The van der Waals surface area contributed by atoms with Gasteiger partial charge in [-0.1, -0.05) is 25.9 Å². The van der Waals surface area contributed by atoms with Gasteiger partial charge >= 0.3 is 0 Å². The summed E-state index contributed by atoms with van der Waals surface area (Å²) >= 11 is 0. The van der Waals surface area contributed by atoms with E-state index in [0.717, 1.165) is 23.4 Å². The molecule has 2 N–H and O–H groups in total. The summed E-state index contributed by atoms with van der Waals surface area (Å²) < 4.78 is 5.22. The second kappa shape index (κ2) is 4.14. The number of nitrogens with zero attached hydrogens (tertiary/aromatic N) is 2. The van der Waals surface area contributed by atoms with E-state index >= 15 is 0 Å². The SMILES string of the molecule is CC(C)(C)C(=O)N1CCc2onc(CN)c2C1. The molecule has 1 aromatic rings. The Hall–Kier alpha value is -1.36. The van der Waals surface area contributed by atoms with Crippen molar-refractivity contribution < 1.29 is 9.32 Å². The molecule has 17 heavy (non-hydrogen) atoms. The third-order valence-electron chi connectivity index (χ3n) is 3.03. The number of carbonyl (C=O) groups is 1. The van der Waals surface area contributed by atoms with Gasteiger partial charge in [0, 0.05) is 30.5 Å². The summed E-state index contributed by atoms with van der Waals surface area (Å²) in [5.74, 6) is 1.04. The Morgan fingerprint density at radius 2 is 2.24 bits per heavy atom. The molecule has 0 aromatic carbocycles. The maximum atomic E-state index is 12.2. The van der Waals surface area contributed by atoms with Crippen LogP contribution in [0, 0.1) is 5.41 Å². The Balaban J connectivity index is 2.20. The van der Waals surface area contributed by atoms with Crippen LogP contribution in [0.1, 0.15) is 37.8 Å². The van der Waals surface area contributed by atoms with E-state index in [1.807, 2.05) is 25.7 Å². The molecule has 0 aliphatic carbocycles. The van der Waals surface area contributed by atoms with Crippen LogP contribution in [0.2, 0.25) is 0 Å². The predicted octanol–water partition coefficient (Wildman–Crippen LogP) is 1.06. The second-order valence-corrected chi connectivity index (χ2v) is 5.46. The molecule has 1 aliphatic heterocycles. The van der Waals surface area contributed by atoms with Crippen LogP contribution in [0.5, 0.6) is 0 Å². The molecule has 94 valence electrons. The second-order valence-electron chi connectivity index (χ2n) is 5.46. The van der Waals surface area contributed by atoms with Gasteiger partial charge in [-0.05, 0) is 0 Å². The van der Waals surface area contributed by atoms with Crippen molar-refractivity contribution >= 4 is 5.91 Å². The molecule has 0 radical (unpaired) electrons. The van der Waals surface area contributed by atoms with Crippen LogP contribution >= 0.6 is 0 Å². The van der Waals surface area contributed by atoms with Crippen molar-refractivity contribution in [3.05, 3.63) is 17.0 Å². The normalized spacial score (nSPS) is 15.9. The van der Waals surface area contributed by atoms with Gasteiger partial charge in [0.15, 0.2) is 0 Å². The Bertz CT molecular complexity index is 418. The highest BCUT2D eigenvalue weighted by Gasteiger charge is 2.32. The number of fused-ring (bicyclic) bond motifs is 1. The zero-order valence-electron chi connectivity index (χ0n) is 10.6. The summed E-state index contributed by atoms with van der Waals surface area (Å²) in [6.45, 7) is 7.42. The van der Waals surface area contributed by atoms with E-state index in [2.05, 4.69) is 5.16 Å². The Morgan fingerprint density at radius 1 is 1.53 bits per heavy atom. The van der Waals surface area contributed by atoms with Gasteiger partial charge in [0.1, 0.15) is 11.5 Å². The average Bonchev–Trinajstić information content (AvgIpc) is 2.68. The van der Waals surface area contributed by atoms with E-state index in [1.54, 1.807) is 0 Å². The van der Waals surface area contributed by atoms with E-state index in [0.29, 0.717) is 19.6 Å². The number of hydrogen-bond acceptors (Lipinski definition) is 4. The summed E-state index contributed by atoms with van der Waals surface area (Å²) in [7, 11) is 0. The van der Waals surface area contributed by atoms with Gasteiger partial charge < -0.3 is 15.2 Å². The lowest BCUT2D eigenvalue weighted by molar-refractivity contribution is -0.140. The summed E-state index contributed by atoms with van der Waals surface area (Å²) in [5, 5.41) is 3.93. The molecule has 0 spiro atoms. The third kappa shape index (κ3) is 2.20. The monoisotopic (exact) mass is 237 g/mol. The highest BCUT2D eigenvalue weighted by atomic mass is 16.5. The predicted molar refractivity (Wildman–Crippen MR) is 63.0 cm³/mol. The number of amides is 1. The molecule has 5 nitrogen and oxygen atoms in total. The van der Waals surface area contributed by atoms with Gasteiger partial charge in [0.2, 0.25) is 5.91 Å². The molecule has 0 atom stereocenters. The quantitative estimate of drug-likeness (QED) is 0.792. The van der Waals surface area contributed by atoms with Crippen molar-refractivity contribution in [3.8, 4) is 0 Å². The molecule has 1 aromatic heterocycles. The molecule has 0 unspecified atom stereocenters. The maximum Gasteiger partial charge on any atom is 0.228 e. The highest BCUT2D eigenvalue weighted by molar-refractivity contribution is 5.81. The van der Waals surface area contributed by atoms with Crippen molar-refractivity contribution in [1.82, 2.24) is 10.1 Å². The first kappa shape index (κ1) is 12.1. The van der Waals surface area contributed by atoms with Gasteiger partial charge in [-0.25, -0.2) is 0 Å². The number of carbonyl (C=O) groups excluding carboxylic acids is 1. The molecule has 0 bridgehead atoms. The van der Waals surface area contributed by atoms with E-state index < -0.39 is 0 Å². The van der Waals surface area contributed by atoms with E-state index in [4.69, 9.17) is 10.3 Å². The molecule has 0 fully saturated rings. The molecular weight excluding hydrogens is 218 g/mol.